The minimum Gasteiger partial charge on any atom is -0.497 e. The molecule has 10 nitrogen and oxygen atoms in total. The van der Waals surface area contributed by atoms with E-state index in [9.17, 15) is 18.0 Å². The highest BCUT2D eigenvalue weighted by Crippen LogP contribution is 2.27. The molecule has 0 unspecified atom stereocenters. The quantitative estimate of drug-likeness (QED) is 0.545. The Hall–Kier alpha value is -3.31. The Bertz CT molecular complexity index is 1000. The van der Waals surface area contributed by atoms with Crippen LogP contribution in [-0.2, 0) is 14.8 Å². The molecule has 0 aliphatic carbocycles. The van der Waals surface area contributed by atoms with Crippen molar-refractivity contribution in [2.24, 2.45) is 0 Å². The number of carbonyl (C=O) groups is 2. The summed E-state index contributed by atoms with van der Waals surface area (Å²) < 4.78 is 40.3. The number of benzene rings is 2. The third-order valence-electron chi connectivity index (χ3n) is 3.70. The van der Waals surface area contributed by atoms with Crippen LogP contribution in [0.4, 0.5) is 5.69 Å². The maximum Gasteiger partial charge on any atom is 0.266 e. The maximum absolute atomic E-state index is 12.5. The maximum atomic E-state index is 12.5. The highest BCUT2D eigenvalue weighted by atomic mass is 32.2. The van der Waals surface area contributed by atoms with Crippen LogP contribution in [0.2, 0.25) is 0 Å². The van der Waals surface area contributed by atoms with Gasteiger partial charge in [-0.3, -0.25) is 15.0 Å². The molecule has 0 saturated heterocycles. The molecule has 0 heterocycles. The number of amides is 2. The normalized spacial score (nSPS) is 10.8. The van der Waals surface area contributed by atoms with Crippen LogP contribution >= 0.6 is 0 Å². The van der Waals surface area contributed by atoms with Gasteiger partial charge in [-0.25, -0.2) is 8.42 Å². The van der Waals surface area contributed by atoms with Gasteiger partial charge in [0.1, 0.15) is 17.2 Å². The summed E-state index contributed by atoms with van der Waals surface area (Å²) in [5.74, 6) is -0.0981. The molecule has 2 rings (SSSR count). The molecular formula is C18H21N3O7S. The van der Waals surface area contributed by atoms with E-state index in [-0.39, 0.29) is 21.9 Å². The SMILES string of the molecule is COc1cc(OC)cc(C(=O)NNS(=O)(=O)c2ccc(OC)c(NC(C)=O)c2)c1. The molecule has 0 fully saturated rings. The second kappa shape index (κ2) is 9.26. The van der Waals surface area contributed by atoms with Gasteiger partial charge in [0.25, 0.3) is 15.9 Å². The van der Waals surface area contributed by atoms with Crippen LogP contribution in [0.1, 0.15) is 17.3 Å². The van der Waals surface area contributed by atoms with Crippen LogP contribution in [-0.4, -0.2) is 41.6 Å². The first-order valence-corrected chi connectivity index (χ1v) is 9.69. The predicted molar refractivity (Wildman–Crippen MR) is 105 cm³/mol. The van der Waals surface area contributed by atoms with Gasteiger partial charge in [-0.15, -0.1) is 4.83 Å². The average Bonchev–Trinajstić information content (AvgIpc) is 2.71. The van der Waals surface area contributed by atoms with E-state index < -0.39 is 21.8 Å². The van der Waals surface area contributed by atoms with E-state index in [1.807, 2.05) is 4.83 Å². The lowest BCUT2D eigenvalue weighted by Gasteiger charge is -2.13. The van der Waals surface area contributed by atoms with Crippen molar-refractivity contribution in [1.82, 2.24) is 10.3 Å². The number of nitrogens with one attached hydrogen (secondary N) is 3. The van der Waals surface area contributed by atoms with Gasteiger partial charge in [-0.1, -0.05) is 0 Å². The molecule has 2 aromatic rings. The first kappa shape index (κ1) is 22.0. The zero-order chi connectivity index (χ0) is 21.6. The molecule has 0 spiro atoms. The average molecular weight is 423 g/mol. The molecular weight excluding hydrogens is 402 g/mol. The second-order valence-electron chi connectivity index (χ2n) is 5.70. The number of hydrogen-bond acceptors (Lipinski definition) is 7. The van der Waals surface area contributed by atoms with Crippen LogP contribution in [0.25, 0.3) is 0 Å². The summed E-state index contributed by atoms with van der Waals surface area (Å²) >= 11 is 0. The van der Waals surface area contributed by atoms with Crippen molar-refractivity contribution < 1.29 is 32.2 Å². The van der Waals surface area contributed by atoms with Crippen molar-refractivity contribution in [3.8, 4) is 17.2 Å². The number of carbonyl (C=O) groups excluding carboxylic acids is 2. The highest BCUT2D eigenvalue weighted by Gasteiger charge is 2.19. The van der Waals surface area contributed by atoms with Crippen LogP contribution < -0.4 is 29.8 Å². The number of sulfonamides is 1. The molecule has 0 radical (unpaired) electrons. The van der Waals surface area contributed by atoms with Gasteiger partial charge in [-0.05, 0) is 30.3 Å². The molecule has 0 bridgehead atoms. The molecule has 2 amide bonds. The van der Waals surface area contributed by atoms with E-state index >= 15 is 0 Å². The lowest BCUT2D eigenvalue weighted by Crippen LogP contribution is -2.41. The number of hydrogen-bond donors (Lipinski definition) is 3. The topological polar surface area (TPSA) is 132 Å². The van der Waals surface area contributed by atoms with Crippen LogP contribution in [0, 0.1) is 0 Å². The van der Waals surface area contributed by atoms with E-state index in [1.54, 1.807) is 6.07 Å². The van der Waals surface area contributed by atoms with Gasteiger partial charge in [0, 0.05) is 18.6 Å². The van der Waals surface area contributed by atoms with E-state index in [4.69, 9.17) is 14.2 Å². The van der Waals surface area contributed by atoms with Crippen LogP contribution in [0.15, 0.2) is 41.3 Å². The van der Waals surface area contributed by atoms with Crippen molar-refractivity contribution in [3.63, 3.8) is 0 Å². The molecule has 156 valence electrons. The van der Waals surface area contributed by atoms with Gasteiger partial charge in [0.2, 0.25) is 5.91 Å². The Morgan fingerprint density at radius 1 is 0.897 bits per heavy atom. The lowest BCUT2D eigenvalue weighted by molar-refractivity contribution is -0.114. The second-order valence-corrected chi connectivity index (χ2v) is 7.39. The fraction of sp³-hybridized carbons (Fsp3) is 0.222. The van der Waals surface area contributed by atoms with Gasteiger partial charge in [0.15, 0.2) is 0 Å². The number of rotatable bonds is 8. The Morgan fingerprint density at radius 3 is 2.03 bits per heavy atom. The Kier molecular flexibility index (Phi) is 7.02. The summed E-state index contributed by atoms with van der Waals surface area (Å²) in [6, 6.07) is 8.29. The molecule has 0 aliphatic rings. The first-order chi connectivity index (χ1) is 13.7. The Labute approximate surface area is 168 Å². The first-order valence-electron chi connectivity index (χ1n) is 8.21. The summed E-state index contributed by atoms with van der Waals surface area (Å²) in [6.07, 6.45) is 0. The minimum absolute atomic E-state index is 0.123. The Balaban J connectivity index is 2.21. The van der Waals surface area contributed by atoms with Gasteiger partial charge >= 0.3 is 0 Å². The number of hydrazine groups is 1. The largest absolute Gasteiger partial charge is 0.497 e. The van der Waals surface area contributed by atoms with E-state index in [1.165, 1.54) is 58.6 Å². The predicted octanol–water partition coefficient (Wildman–Crippen LogP) is 1.29. The molecule has 0 aromatic heterocycles. The summed E-state index contributed by atoms with van der Waals surface area (Å²) in [4.78, 5) is 25.5. The van der Waals surface area contributed by atoms with Crippen molar-refractivity contribution in [2.45, 2.75) is 11.8 Å². The van der Waals surface area contributed by atoms with Crippen molar-refractivity contribution in [2.75, 3.05) is 26.6 Å². The number of methoxy groups -OCH3 is 3. The third kappa shape index (κ3) is 5.59. The lowest BCUT2D eigenvalue weighted by atomic mass is 10.2. The van der Waals surface area contributed by atoms with Crippen molar-refractivity contribution in [1.29, 1.82) is 0 Å². The number of ether oxygens (including phenoxy) is 3. The summed E-state index contributed by atoms with van der Waals surface area (Å²) in [5, 5.41) is 2.48. The zero-order valence-electron chi connectivity index (χ0n) is 16.2. The highest BCUT2D eigenvalue weighted by molar-refractivity contribution is 7.89. The van der Waals surface area contributed by atoms with Gasteiger partial charge in [-0.2, -0.15) is 0 Å². The fourth-order valence-corrected chi connectivity index (χ4v) is 3.19. The Morgan fingerprint density at radius 2 is 1.52 bits per heavy atom. The third-order valence-corrected chi connectivity index (χ3v) is 4.95. The molecule has 3 N–H and O–H groups in total. The standard InChI is InChI=1S/C18H21N3O7S/c1-11(22)19-16-10-15(5-6-17(16)28-4)29(24,25)21-20-18(23)12-7-13(26-2)9-14(8-12)27-3/h5-10,21H,1-4H3,(H,19,22)(H,20,23). The monoisotopic (exact) mass is 423 g/mol. The van der Waals surface area contributed by atoms with E-state index in [2.05, 4.69) is 10.7 Å². The van der Waals surface area contributed by atoms with E-state index in [0.717, 1.165) is 0 Å². The van der Waals surface area contributed by atoms with Crippen molar-refractivity contribution >= 4 is 27.5 Å². The molecule has 0 saturated carbocycles. The molecule has 11 heteroatoms. The van der Waals surface area contributed by atoms with Crippen LogP contribution in [0.3, 0.4) is 0 Å². The number of anilines is 1. The van der Waals surface area contributed by atoms with Crippen molar-refractivity contribution in [3.05, 3.63) is 42.0 Å². The summed E-state index contributed by atoms with van der Waals surface area (Å²) in [5.41, 5.74) is 2.42. The molecule has 0 atom stereocenters. The summed E-state index contributed by atoms with van der Waals surface area (Å²) in [6.45, 7) is 1.28. The zero-order valence-corrected chi connectivity index (χ0v) is 17.0. The minimum atomic E-state index is -4.13. The smallest absolute Gasteiger partial charge is 0.266 e. The molecule has 0 aliphatic heterocycles. The molecule has 2 aromatic carbocycles. The van der Waals surface area contributed by atoms with Gasteiger partial charge in [0.05, 0.1) is 31.9 Å². The van der Waals surface area contributed by atoms with E-state index in [0.29, 0.717) is 11.5 Å². The fourth-order valence-electron chi connectivity index (χ4n) is 2.32. The summed E-state index contributed by atoms with van der Waals surface area (Å²) in [7, 11) is 0.108. The van der Waals surface area contributed by atoms with Crippen LogP contribution in [0.5, 0.6) is 17.2 Å². The molecule has 29 heavy (non-hydrogen) atoms. The van der Waals surface area contributed by atoms with Gasteiger partial charge < -0.3 is 19.5 Å².